The van der Waals surface area contributed by atoms with Gasteiger partial charge in [-0.3, -0.25) is 0 Å². The Balaban J connectivity index is 1.97. The highest BCUT2D eigenvalue weighted by atomic mass is 14.5. The molecule has 3 aromatic carbocycles. The van der Waals surface area contributed by atoms with Crippen LogP contribution in [0, 0.1) is 0 Å². The fourth-order valence-electron chi connectivity index (χ4n) is 3.39. The zero-order valence-corrected chi connectivity index (χ0v) is 13.0. The topological polar surface area (TPSA) is 26.0 Å². The molecule has 0 amide bonds. The SMILES string of the molecule is Nc1cccc(C=C2c3ccccc3CCc3ccccc32)c1. The van der Waals surface area contributed by atoms with Crippen molar-refractivity contribution in [3.8, 4) is 0 Å². The molecule has 0 radical (unpaired) electrons. The summed E-state index contributed by atoms with van der Waals surface area (Å²) in [6.45, 7) is 0. The van der Waals surface area contributed by atoms with Gasteiger partial charge in [-0.05, 0) is 64.4 Å². The van der Waals surface area contributed by atoms with Crippen LogP contribution in [0.15, 0.2) is 72.8 Å². The zero-order valence-electron chi connectivity index (χ0n) is 13.0. The molecule has 0 atom stereocenters. The number of benzene rings is 3. The molecule has 1 nitrogen and oxygen atoms in total. The molecule has 112 valence electrons. The van der Waals surface area contributed by atoms with Gasteiger partial charge in [-0.15, -0.1) is 0 Å². The van der Waals surface area contributed by atoms with Crippen molar-refractivity contribution in [2.45, 2.75) is 12.8 Å². The molecule has 0 bridgehead atoms. The van der Waals surface area contributed by atoms with Gasteiger partial charge >= 0.3 is 0 Å². The molecule has 0 aromatic heterocycles. The number of aryl methyl sites for hydroxylation is 2. The van der Waals surface area contributed by atoms with E-state index in [2.05, 4.69) is 60.7 Å². The van der Waals surface area contributed by atoms with Crippen molar-refractivity contribution in [2.75, 3.05) is 5.73 Å². The van der Waals surface area contributed by atoms with Crippen LogP contribution in [0.4, 0.5) is 5.69 Å². The number of rotatable bonds is 1. The van der Waals surface area contributed by atoms with Gasteiger partial charge in [-0.25, -0.2) is 0 Å². The molecule has 0 aliphatic heterocycles. The first-order valence-electron chi connectivity index (χ1n) is 8.05. The number of nitrogen functional groups attached to an aromatic ring is 1. The van der Waals surface area contributed by atoms with Gasteiger partial charge in [0.25, 0.3) is 0 Å². The minimum absolute atomic E-state index is 0.801. The summed E-state index contributed by atoms with van der Waals surface area (Å²) in [4.78, 5) is 0. The normalized spacial score (nSPS) is 13.0. The fourth-order valence-corrected chi connectivity index (χ4v) is 3.39. The van der Waals surface area contributed by atoms with Gasteiger partial charge in [0.1, 0.15) is 0 Å². The predicted octanol–water partition coefficient (Wildman–Crippen LogP) is 4.96. The van der Waals surface area contributed by atoms with E-state index < -0.39 is 0 Å². The van der Waals surface area contributed by atoms with E-state index in [4.69, 9.17) is 5.73 Å². The molecule has 1 aliphatic carbocycles. The summed E-state index contributed by atoms with van der Waals surface area (Å²) in [5.41, 5.74) is 14.7. The highest BCUT2D eigenvalue weighted by Gasteiger charge is 2.17. The molecule has 0 spiro atoms. The molecular formula is C22H19N. The van der Waals surface area contributed by atoms with E-state index in [0.29, 0.717) is 0 Å². The Bertz CT molecular complexity index is 840. The van der Waals surface area contributed by atoms with Gasteiger partial charge < -0.3 is 5.73 Å². The lowest BCUT2D eigenvalue weighted by Gasteiger charge is -2.12. The number of fused-ring (bicyclic) bond motifs is 2. The van der Waals surface area contributed by atoms with Gasteiger partial charge in [0.15, 0.2) is 0 Å². The number of hydrogen-bond donors (Lipinski definition) is 1. The van der Waals surface area contributed by atoms with Crippen LogP contribution >= 0.6 is 0 Å². The quantitative estimate of drug-likeness (QED) is 0.631. The average Bonchev–Trinajstić information content (AvgIpc) is 2.73. The van der Waals surface area contributed by atoms with E-state index in [1.54, 1.807) is 0 Å². The minimum atomic E-state index is 0.801. The first-order valence-corrected chi connectivity index (χ1v) is 8.05. The molecule has 4 rings (SSSR count). The van der Waals surface area contributed by atoms with Crippen LogP contribution in [0.5, 0.6) is 0 Å². The summed E-state index contributed by atoms with van der Waals surface area (Å²) in [6.07, 6.45) is 4.43. The highest BCUT2D eigenvalue weighted by Crippen LogP contribution is 2.34. The van der Waals surface area contributed by atoms with Crippen LogP contribution in [0.2, 0.25) is 0 Å². The summed E-state index contributed by atoms with van der Waals surface area (Å²) < 4.78 is 0. The molecule has 3 aromatic rings. The van der Waals surface area contributed by atoms with Gasteiger partial charge in [0, 0.05) is 5.69 Å². The monoisotopic (exact) mass is 297 g/mol. The highest BCUT2D eigenvalue weighted by molar-refractivity contribution is 5.94. The summed E-state index contributed by atoms with van der Waals surface area (Å²) in [5, 5.41) is 0. The number of hydrogen-bond acceptors (Lipinski definition) is 1. The van der Waals surface area contributed by atoms with Crippen molar-refractivity contribution in [3.05, 3.63) is 101 Å². The number of nitrogens with two attached hydrogens (primary N) is 1. The van der Waals surface area contributed by atoms with Gasteiger partial charge in [0.05, 0.1) is 0 Å². The zero-order chi connectivity index (χ0) is 15.6. The standard InChI is InChI=1S/C22H19N/c23-19-9-5-6-16(14-19)15-22-20-10-3-1-7-17(20)12-13-18-8-2-4-11-21(18)22/h1-11,14-15H,12-13,23H2. The smallest absolute Gasteiger partial charge is 0.0319 e. The lowest BCUT2D eigenvalue weighted by Crippen LogP contribution is -1.92. The van der Waals surface area contributed by atoms with Crippen molar-refractivity contribution in [3.63, 3.8) is 0 Å². The third-order valence-electron chi connectivity index (χ3n) is 4.50. The Labute approximate surface area is 137 Å². The molecule has 0 saturated heterocycles. The van der Waals surface area contributed by atoms with Gasteiger partial charge in [0.2, 0.25) is 0 Å². The molecule has 1 aliphatic rings. The molecule has 2 N–H and O–H groups in total. The van der Waals surface area contributed by atoms with E-state index in [9.17, 15) is 0 Å². The molecule has 23 heavy (non-hydrogen) atoms. The third kappa shape index (κ3) is 2.66. The van der Waals surface area contributed by atoms with E-state index >= 15 is 0 Å². The maximum Gasteiger partial charge on any atom is 0.0319 e. The Morgan fingerprint density at radius 2 is 1.30 bits per heavy atom. The summed E-state index contributed by atoms with van der Waals surface area (Å²) in [5.74, 6) is 0. The molecule has 0 unspecified atom stereocenters. The van der Waals surface area contributed by atoms with E-state index in [1.807, 2.05) is 18.2 Å². The third-order valence-corrected chi connectivity index (χ3v) is 4.50. The first kappa shape index (κ1) is 13.8. The van der Waals surface area contributed by atoms with Crippen molar-refractivity contribution in [1.29, 1.82) is 0 Å². The van der Waals surface area contributed by atoms with Crippen molar-refractivity contribution >= 4 is 17.3 Å². The summed E-state index contributed by atoms with van der Waals surface area (Å²) in [6, 6.07) is 25.5. The first-order chi connectivity index (χ1) is 11.3. The average molecular weight is 297 g/mol. The number of anilines is 1. The van der Waals surface area contributed by atoms with Crippen LogP contribution in [-0.2, 0) is 12.8 Å². The van der Waals surface area contributed by atoms with Gasteiger partial charge in [-0.1, -0.05) is 60.7 Å². The van der Waals surface area contributed by atoms with Crippen molar-refractivity contribution in [2.24, 2.45) is 0 Å². The van der Waals surface area contributed by atoms with Crippen LogP contribution in [0.25, 0.3) is 11.6 Å². The fraction of sp³-hybridized carbons (Fsp3) is 0.0909. The van der Waals surface area contributed by atoms with E-state index in [-0.39, 0.29) is 0 Å². The van der Waals surface area contributed by atoms with Crippen LogP contribution < -0.4 is 5.73 Å². The van der Waals surface area contributed by atoms with Crippen LogP contribution in [0.3, 0.4) is 0 Å². The van der Waals surface area contributed by atoms with Crippen LogP contribution in [0.1, 0.15) is 27.8 Å². The maximum atomic E-state index is 5.95. The predicted molar refractivity (Wildman–Crippen MR) is 98.1 cm³/mol. The van der Waals surface area contributed by atoms with Crippen LogP contribution in [-0.4, -0.2) is 0 Å². The molecule has 0 fully saturated rings. The largest absolute Gasteiger partial charge is 0.399 e. The van der Waals surface area contributed by atoms with Crippen molar-refractivity contribution in [1.82, 2.24) is 0 Å². The summed E-state index contributed by atoms with van der Waals surface area (Å²) in [7, 11) is 0. The lowest BCUT2D eigenvalue weighted by atomic mass is 9.92. The Morgan fingerprint density at radius 1 is 0.696 bits per heavy atom. The molecule has 1 heteroatoms. The Morgan fingerprint density at radius 3 is 1.91 bits per heavy atom. The summed E-state index contributed by atoms with van der Waals surface area (Å²) >= 11 is 0. The maximum absolute atomic E-state index is 5.95. The second-order valence-electron chi connectivity index (χ2n) is 6.04. The Hall–Kier alpha value is -2.80. The van der Waals surface area contributed by atoms with E-state index in [0.717, 1.165) is 24.1 Å². The molecular weight excluding hydrogens is 278 g/mol. The minimum Gasteiger partial charge on any atom is -0.399 e. The molecule has 0 heterocycles. The van der Waals surface area contributed by atoms with Gasteiger partial charge in [-0.2, -0.15) is 0 Å². The van der Waals surface area contributed by atoms with E-state index in [1.165, 1.54) is 27.8 Å². The second kappa shape index (κ2) is 5.77. The second-order valence-corrected chi connectivity index (χ2v) is 6.04. The lowest BCUT2D eigenvalue weighted by molar-refractivity contribution is 0.965. The molecule has 0 saturated carbocycles. The Kier molecular flexibility index (Phi) is 3.47. The van der Waals surface area contributed by atoms with Crippen molar-refractivity contribution < 1.29 is 0 Å².